The summed E-state index contributed by atoms with van der Waals surface area (Å²) in [6, 6.07) is 4.43. The van der Waals surface area contributed by atoms with Crippen LogP contribution in [-0.4, -0.2) is 25.2 Å². The van der Waals surface area contributed by atoms with Gasteiger partial charge in [0.2, 0.25) is 0 Å². The number of ketones is 1. The van der Waals surface area contributed by atoms with Crippen molar-refractivity contribution in [2.24, 2.45) is 0 Å². The van der Waals surface area contributed by atoms with Crippen LogP contribution in [0.1, 0.15) is 42.5 Å². The summed E-state index contributed by atoms with van der Waals surface area (Å²) in [5, 5.41) is 0.230. The van der Waals surface area contributed by atoms with E-state index in [9.17, 15) is 13.2 Å². The standard InChI is InChI=1S/C14H16Cl2O3S/c15-12-7-6-10(8-13(12)16)14(17)9-20(18,19)11-4-2-1-3-5-11/h6-8,11H,1-5,9H2. The first kappa shape index (κ1) is 15.8. The fourth-order valence-electron chi connectivity index (χ4n) is 2.48. The highest BCUT2D eigenvalue weighted by atomic mass is 35.5. The molecule has 110 valence electrons. The normalized spacial score (nSPS) is 17.1. The van der Waals surface area contributed by atoms with Gasteiger partial charge >= 0.3 is 0 Å². The van der Waals surface area contributed by atoms with E-state index in [2.05, 4.69) is 0 Å². The van der Waals surface area contributed by atoms with Crippen LogP contribution in [0.4, 0.5) is 0 Å². The summed E-state index contributed by atoms with van der Waals surface area (Å²) in [5.74, 6) is -0.871. The van der Waals surface area contributed by atoms with E-state index in [1.165, 1.54) is 18.2 Å². The molecular weight excluding hydrogens is 319 g/mol. The van der Waals surface area contributed by atoms with Crippen LogP contribution in [0, 0.1) is 0 Å². The molecule has 0 amide bonds. The van der Waals surface area contributed by atoms with Gasteiger partial charge in [0.25, 0.3) is 0 Å². The van der Waals surface area contributed by atoms with E-state index in [-0.39, 0.29) is 10.3 Å². The fourth-order valence-corrected chi connectivity index (χ4v) is 4.60. The van der Waals surface area contributed by atoms with Crippen molar-refractivity contribution < 1.29 is 13.2 Å². The Kier molecular flexibility index (Phi) is 5.10. The van der Waals surface area contributed by atoms with Gasteiger partial charge < -0.3 is 0 Å². The van der Waals surface area contributed by atoms with Gasteiger partial charge in [0.15, 0.2) is 15.6 Å². The molecule has 0 saturated heterocycles. The smallest absolute Gasteiger partial charge is 0.177 e. The number of carbonyl (C=O) groups excluding carboxylic acids is 1. The molecule has 3 nitrogen and oxygen atoms in total. The predicted molar refractivity (Wildman–Crippen MR) is 81.5 cm³/mol. The summed E-state index contributed by atoms with van der Waals surface area (Å²) in [7, 11) is -3.38. The molecule has 0 aromatic heterocycles. The number of carbonyl (C=O) groups is 1. The summed E-state index contributed by atoms with van der Waals surface area (Å²) < 4.78 is 24.5. The summed E-state index contributed by atoms with van der Waals surface area (Å²) in [4.78, 5) is 12.1. The Bertz CT molecular complexity index is 605. The van der Waals surface area contributed by atoms with Gasteiger partial charge in [-0.2, -0.15) is 0 Å². The molecule has 2 rings (SSSR count). The Morgan fingerprint density at radius 1 is 1.10 bits per heavy atom. The third-order valence-electron chi connectivity index (χ3n) is 3.63. The first-order valence-corrected chi connectivity index (χ1v) is 9.07. The molecule has 0 radical (unpaired) electrons. The first-order chi connectivity index (χ1) is 9.40. The monoisotopic (exact) mass is 334 g/mol. The molecule has 1 saturated carbocycles. The highest BCUT2D eigenvalue weighted by molar-refractivity contribution is 7.92. The number of Topliss-reactive ketones (excluding diaryl/α,β-unsaturated/α-hetero) is 1. The summed E-state index contributed by atoms with van der Waals surface area (Å²) in [6.07, 6.45) is 4.25. The van der Waals surface area contributed by atoms with E-state index in [1.807, 2.05) is 0 Å². The van der Waals surface area contributed by atoms with Crippen molar-refractivity contribution in [2.75, 3.05) is 5.75 Å². The van der Waals surface area contributed by atoms with Crippen molar-refractivity contribution in [3.63, 3.8) is 0 Å². The largest absolute Gasteiger partial charge is 0.293 e. The SMILES string of the molecule is O=C(CS(=O)(=O)C1CCCCC1)c1ccc(Cl)c(Cl)c1. The Labute approximate surface area is 129 Å². The van der Waals surface area contributed by atoms with Crippen molar-refractivity contribution in [3.8, 4) is 0 Å². The van der Waals surface area contributed by atoms with E-state index in [1.54, 1.807) is 0 Å². The number of benzene rings is 1. The number of hydrogen-bond acceptors (Lipinski definition) is 3. The molecule has 0 bridgehead atoms. The van der Waals surface area contributed by atoms with Crippen molar-refractivity contribution in [1.29, 1.82) is 0 Å². The Morgan fingerprint density at radius 2 is 1.75 bits per heavy atom. The van der Waals surface area contributed by atoms with Crippen molar-refractivity contribution >= 4 is 38.8 Å². The van der Waals surface area contributed by atoms with Gasteiger partial charge in [-0.05, 0) is 31.0 Å². The van der Waals surface area contributed by atoms with Gasteiger partial charge in [0, 0.05) is 5.56 Å². The molecule has 6 heteroatoms. The molecule has 1 aliphatic carbocycles. The van der Waals surface area contributed by atoms with E-state index >= 15 is 0 Å². The van der Waals surface area contributed by atoms with Crippen LogP contribution in [-0.2, 0) is 9.84 Å². The van der Waals surface area contributed by atoms with Crippen LogP contribution in [0.5, 0.6) is 0 Å². The van der Waals surface area contributed by atoms with Gasteiger partial charge in [-0.15, -0.1) is 0 Å². The molecule has 0 N–H and O–H groups in total. The molecule has 0 heterocycles. The maximum absolute atomic E-state index is 12.2. The van der Waals surface area contributed by atoms with Crippen molar-refractivity contribution in [2.45, 2.75) is 37.4 Å². The molecular formula is C14H16Cl2O3S. The van der Waals surface area contributed by atoms with E-state index < -0.39 is 21.4 Å². The van der Waals surface area contributed by atoms with E-state index in [4.69, 9.17) is 23.2 Å². The summed E-state index contributed by atoms with van der Waals surface area (Å²) in [6.45, 7) is 0. The Hall–Kier alpha value is -0.580. The fraction of sp³-hybridized carbons (Fsp3) is 0.500. The average molecular weight is 335 g/mol. The molecule has 1 fully saturated rings. The highest BCUT2D eigenvalue weighted by Gasteiger charge is 2.29. The van der Waals surface area contributed by atoms with Crippen LogP contribution in [0.2, 0.25) is 10.0 Å². The lowest BCUT2D eigenvalue weighted by atomic mass is 10.0. The zero-order valence-corrected chi connectivity index (χ0v) is 13.3. The average Bonchev–Trinajstić information content (AvgIpc) is 2.42. The first-order valence-electron chi connectivity index (χ1n) is 6.60. The number of sulfone groups is 1. The minimum absolute atomic E-state index is 0.257. The lowest BCUT2D eigenvalue weighted by Crippen LogP contribution is -2.29. The lowest BCUT2D eigenvalue weighted by Gasteiger charge is -2.21. The molecule has 1 aromatic rings. The van der Waals surface area contributed by atoms with Crippen molar-refractivity contribution in [3.05, 3.63) is 33.8 Å². The van der Waals surface area contributed by atoms with E-state index in [0.717, 1.165) is 19.3 Å². The highest BCUT2D eigenvalue weighted by Crippen LogP contribution is 2.26. The van der Waals surface area contributed by atoms with Crippen LogP contribution >= 0.6 is 23.2 Å². The summed E-state index contributed by atoms with van der Waals surface area (Å²) in [5.41, 5.74) is 0.291. The molecule has 0 unspecified atom stereocenters. The maximum atomic E-state index is 12.2. The second-order valence-corrected chi connectivity index (χ2v) is 8.21. The lowest BCUT2D eigenvalue weighted by molar-refractivity contribution is 0.102. The third kappa shape index (κ3) is 3.74. The maximum Gasteiger partial charge on any atom is 0.177 e. The zero-order valence-electron chi connectivity index (χ0n) is 10.9. The number of hydrogen-bond donors (Lipinski definition) is 0. The molecule has 0 spiro atoms. The molecule has 0 atom stereocenters. The number of rotatable bonds is 4. The minimum atomic E-state index is -3.38. The van der Waals surface area contributed by atoms with Crippen LogP contribution in [0.15, 0.2) is 18.2 Å². The van der Waals surface area contributed by atoms with Gasteiger partial charge in [0.05, 0.1) is 15.3 Å². The Balaban J connectivity index is 2.11. The van der Waals surface area contributed by atoms with Gasteiger partial charge in [-0.25, -0.2) is 8.42 Å². The molecule has 1 aromatic carbocycles. The van der Waals surface area contributed by atoms with Crippen LogP contribution in [0.3, 0.4) is 0 Å². The zero-order chi connectivity index (χ0) is 14.8. The Morgan fingerprint density at radius 3 is 2.35 bits per heavy atom. The quantitative estimate of drug-likeness (QED) is 0.784. The summed E-state index contributed by atoms with van der Waals surface area (Å²) >= 11 is 11.6. The van der Waals surface area contributed by atoms with Gasteiger partial charge in [-0.1, -0.05) is 42.5 Å². The predicted octanol–water partition coefficient (Wildman–Crippen LogP) is 3.92. The van der Waals surface area contributed by atoms with Gasteiger partial charge in [-0.3, -0.25) is 4.79 Å². The second-order valence-electron chi connectivity index (χ2n) is 5.12. The van der Waals surface area contributed by atoms with E-state index in [0.29, 0.717) is 23.4 Å². The second kappa shape index (κ2) is 6.46. The minimum Gasteiger partial charge on any atom is -0.293 e. The van der Waals surface area contributed by atoms with Crippen LogP contribution in [0.25, 0.3) is 0 Å². The topological polar surface area (TPSA) is 51.2 Å². The molecule has 20 heavy (non-hydrogen) atoms. The van der Waals surface area contributed by atoms with Crippen molar-refractivity contribution in [1.82, 2.24) is 0 Å². The third-order valence-corrected chi connectivity index (χ3v) is 6.52. The van der Waals surface area contributed by atoms with Gasteiger partial charge in [0.1, 0.15) is 5.75 Å². The number of halogens is 2. The van der Waals surface area contributed by atoms with Crippen LogP contribution < -0.4 is 0 Å². The molecule has 1 aliphatic rings. The molecule has 0 aliphatic heterocycles.